The van der Waals surface area contributed by atoms with Crippen molar-refractivity contribution in [1.29, 1.82) is 0 Å². The molecule has 0 saturated heterocycles. The zero-order valence-electron chi connectivity index (χ0n) is 16.8. The van der Waals surface area contributed by atoms with Gasteiger partial charge in [0.15, 0.2) is 0 Å². The number of H-pyrrole nitrogens is 1. The number of rotatable bonds is 6. The summed E-state index contributed by atoms with van der Waals surface area (Å²) in [5, 5.41) is 4.12. The van der Waals surface area contributed by atoms with Gasteiger partial charge in [-0.2, -0.15) is 0 Å². The molecule has 0 radical (unpaired) electrons. The maximum atomic E-state index is 12.4. The lowest BCUT2D eigenvalue weighted by Gasteiger charge is -2.09. The third-order valence-corrected chi connectivity index (χ3v) is 4.75. The number of carbonyl (C=O) groups is 2. The van der Waals surface area contributed by atoms with Crippen LogP contribution in [0.15, 0.2) is 63.9 Å². The first-order chi connectivity index (χ1) is 15.0. The Kier molecular flexibility index (Phi) is 5.70. The molecule has 0 unspecified atom stereocenters. The molecule has 0 aliphatic carbocycles. The van der Waals surface area contributed by atoms with Gasteiger partial charge < -0.3 is 18.9 Å². The Bertz CT molecular complexity index is 1320. The van der Waals surface area contributed by atoms with E-state index in [0.717, 1.165) is 16.5 Å². The van der Waals surface area contributed by atoms with Crippen molar-refractivity contribution in [2.24, 2.45) is 0 Å². The van der Waals surface area contributed by atoms with Crippen molar-refractivity contribution in [1.82, 2.24) is 4.98 Å². The second-order valence-electron chi connectivity index (χ2n) is 6.84. The van der Waals surface area contributed by atoms with E-state index in [1.54, 1.807) is 25.3 Å². The number of ether oxygens (including phenoxy) is 2. The average molecular weight is 420 g/mol. The number of hydrogen-bond acceptors (Lipinski definition) is 6. The van der Waals surface area contributed by atoms with Crippen LogP contribution < -0.4 is 10.9 Å². The number of para-hydroxylation sites is 1. The smallest absolute Gasteiger partial charge is 0.411 e. The van der Waals surface area contributed by atoms with E-state index in [2.05, 4.69) is 10.3 Å². The molecule has 158 valence electrons. The summed E-state index contributed by atoms with van der Waals surface area (Å²) in [6, 6.07) is 13.8. The number of fused-ring (bicyclic) bond motifs is 2. The minimum Gasteiger partial charge on any atom is -0.461 e. The molecular formula is C23H20N2O6. The van der Waals surface area contributed by atoms with Gasteiger partial charge in [0.2, 0.25) is 0 Å². The molecule has 2 N–H and O–H groups in total. The Labute approximate surface area is 176 Å². The lowest BCUT2D eigenvalue weighted by Crippen LogP contribution is -2.13. The number of anilines is 1. The fourth-order valence-corrected chi connectivity index (χ4v) is 3.35. The Hall–Kier alpha value is -4.07. The fraction of sp³-hybridized carbons (Fsp3) is 0.174. The quantitative estimate of drug-likeness (QED) is 0.358. The Morgan fingerprint density at radius 2 is 1.87 bits per heavy atom. The van der Waals surface area contributed by atoms with E-state index in [1.165, 1.54) is 12.1 Å². The second-order valence-corrected chi connectivity index (χ2v) is 6.84. The highest BCUT2D eigenvalue weighted by Crippen LogP contribution is 2.23. The SMILES string of the molecule is CCOC(=O)Nc1ccc2c(COC(=O)Cc3c[nH]c4ccccc34)cc(=O)oc2c1. The number of aromatic amines is 1. The molecule has 31 heavy (non-hydrogen) atoms. The second kappa shape index (κ2) is 8.74. The topological polar surface area (TPSA) is 111 Å². The van der Waals surface area contributed by atoms with Gasteiger partial charge in [-0.1, -0.05) is 18.2 Å². The van der Waals surface area contributed by atoms with Crippen LogP contribution in [0, 0.1) is 0 Å². The van der Waals surface area contributed by atoms with Gasteiger partial charge in [-0.3, -0.25) is 10.1 Å². The van der Waals surface area contributed by atoms with Gasteiger partial charge >= 0.3 is 17.7 Å². The van der Waals surface area contributed by atoms with Crippen LogP contribution in [0.3, 0.4) is 0 Å². The molecule has 0 saturated carbocycles. The fourth-order valence-electron chi connectivity index (χ4n) is 3.35. The number of aromatic nitrogens is 1. The van der Waals surface area contributed by atoms with E-state index >= 15 is 0 Å². The minimum atomic E-state index is -0.605. The predicted molar refractivity (Wildman–Crippen MR) is 115 cm³/mol. The molecule has 2 heterocycles. The summed E-state index contributed by atoms with van der Waals surface area (Å²) in [6.07, 6.45) is 1.29. The molecule has 2 aromatic heterocycles. The Morgan fingerprint density at radius 3 is 2.71 bits per heavy atom. The highest BCUT2D eigenvalue weighted by Gasteiger charge is 2.13. The summed E-state index contributed by atoms with van der Waals surface area (Å²) >= 11 is 0. The molecular weight excluding hydrogens is 400 g/mol. The van der Waals surface area contributed by atoms with Crippen LogP contribution in [0.1, 0.15) is 18.1 Å². The van der Waals surface area contributed by atoms with Crippen molar-refractivity contribution >= 4 is 39.6 Å². The number of amides is 1. The lowest BCUT2D eigenvalue weighted by atomic mass is 10.1. The molecule has 2 aromatic carbocycles. The first-order valence-electron chi connectivity index (χ1n) is 9.74. The first kappa shape index (κ1) is 20.2. The molecule has 0 atom stereocenters. The molecule has 0 aliphatic heterocycles. The van der Waals surface area contributed by atoms with E-state index in [1.807, 2.05) is 24.3 Å². The van der Waals surface area contributed by atoms with Gasteiger partial charge in [-0.25, -0.2) is 9.59 Å². The van der Waals surface area contributed by atoms with Crippen LogP contribution in [0.5, 0.6) is 0 Å². The Balaban J connectivity index is 1.49. The van der Waals surface area contributed by atoms with Gasteiger partial charge in [-0.05, 0) is 30.7 Å². The molecule has 8 nitrogen and oxygen atoms in total. The highest BCUT2D eigenvalue weighted by atomic mass is 16.5. The maximum absolute atomic E-state index is 12.4. The number of hydrogen-bond donors (Lipinski definition) is 2. The monoisotopic (exact) mass is 420 g/mol. The van der Waals surface area contributed by atoms with E-state index < -0.39 is 17.7 Å². The molecule has 0 fully saturated rings. The summed E-state index contributed by atoms with van der Waals surface area (Å²) < 4.78 is 15.5. The zero-order valence-corrected chi connectivity index (χ0v) is 16.8. The molecule has 0 spiro atoms. The summed E-state index contributed by atoms with van der Waals surface area (Å²) in [6.45, 7) is 1.86. The van der Waals surface area contributed by atoms with Crippen molar-refractivity contribution in [2.45, 2.75) is 20.0 Å². The van der Waals surface area contributed by atoms with E-state index in [-0.39, 0.29) is 25.2 Å². The highest BCUT2D eigenvalue weighted by molar-refractivity contribution is 5.90. The van der Waals surface area contributed by atoms with Gasteiger partial charge in [0.25, 0.3) is 0 Å². The van der Waals surface area contributed by atoms with Gasteiger partial charge in [-0.15, -0.1) is 0 Å². The average Bonchev–Trinajstić information content (AvgIpc) is 3.14. The zero-order chi connectivity index (χ0) is 21.8. The molecule has 1 amide bonds. The number of benzene rings is 2. The summed E-state index contributed by atoms with van der Waals surface area (Å²) in [5.41, 5.74) is 2.41. The largest absolute Gasteiger partial charge is 0.461 e. The predicted octanol–water partition coefficient (Wildman–Crippen LogP) is 4.13. The summed E-state index contributed by atoms with van der Waals surface area (Å²) in [4.78, 5) is 39.1. The molecule has 8 heteroatoms. The van der Waals surface area contributed by atoms with E-state index in [0.29, 0.717) is 16.6 Å². The first-order valence-corrected chi connectivity index (χ1v) is 9.74. The van der Waals surface area contributed by atoms with E-state index in [4.69, 9.17) is 13.9 Å². The van der Waals surface area contributed by atoms with E-state index in [9.17, 15) is 14.4 Å². The number of carbonyl (C=O) groups excluding carboxylic acids is 2. The minimum absolute atomic E-state index is 0.0755. The number of esters is 1. The van der Waals surface area contributed by atoms with Crippen molar-refractivity contribution < 1.29 is 23.5 Å². The van der Waals surface area contributed by atoms with Crippen LogP contribution in [0.4, 0.5) is 10.5 Å². The molecule has 0 aliphatic rings. The Morgan fingerprint density at radius 1 is 1.03 bits per heavy atom. The van der Waals surface area contributed by atoms with Crippen LogP contribution >= 0.6 is 0 Å². The van der Waals surface area contributed by atoms with Crippen LogP contribution in [-0.2, 0) is 27.3 Å². The maximum Gasteiger partial charge on any atom is 0.411 e. The van der Waals surface area contributed by atoms with Crippen molar-refractivity contribution in [2.75, 3.05) is 11.9 Å². The van der Waals surface area contributed by atoms with Crippen LogP contribution in [0.2, 0.25) is 0 Å². The van der Waals surface area contributed by atoms with Crippen molar-refractivity contribution in [3.63, 3.8) is 0 Å². The van der Waals surface area contributed by atoms with Crippen molar-refractivity contribution in [3.8, 4) is 0 Å². The van der Waals surface area contributed by atoms with Gasteiger partial charge in [0.1, 0.15) is 12.2 Å². The lowest BCUT2D eigenvalue weighted by molar-refractivity contribution is -0.144. The van der Waals surface area contributed by atoms with Gasteiger partial charge in [0, 0.05) is 45.9 Å². The molecule has 4 aromatic rings. The summed E-state index contributed by atoms with van der Waals surface area (Å²) in [5.74, 6) is -0.410. The normalized spacial score (nSPS) is 10.9. The van der Waals surface area contributed by atoms with Gasteiger partial charge in [0.05, 0.1) is 13.0 Å². The third-order valence-electron chi connectivity index (χ3n) is 4.75. The standard InChI is InChI=1S/C23H20N2O6/c1-2-29-23(28)25-16-7-8-18-15(10-22(27)31-20(18)11-16)13-30-21(26)9-14-12-24-19-6-4-3-5-17(14)19/h3-8,10-12,24H,2,9,13H2,1H3,(H,25,28). The van der Waals surface area contributed by atoms with Crippen LogP contribution in [0.25, 0.3) is 21.9 Å². The summed E-state index contributed by atoms with van der Waals surface area (Å²) in [7, 11) is 0. The van der Waals surface area contributed by atoms with Crippen molar-refractivity contribution in [3.05, 3.63) is 76.3 Å². The number of nitrogens with one attached hydrogen (secondary N) is 2. The third kappa shape index (κ3) is 4.58. The molecule has 4 rings (SSSR count). The molecule has 0 bridgehead atoms. The van der Waals surface area contributed by atoms with Crippen LogP contribution in [-0.4, -0.2) is 23.7 Å².